The van der Waals surface area contributed by atoms with E-state index in [2.05, 4.69) is 0 Å². The predicted octanol–water partition coefficient (Wildman–Crippen LogP) is 5.40. The van der Waals surface area contributed by atoms with Crippen LogP contribution in [-0.4, -0.2) is 4.89 Å². The number of fused-ring (bicyclic) bond motifs is 1. The summed E-state index contributed by atoms with van der Waals surface area (Å²) in [5, 5.41) is 2.45. The Morgan fingerprint density at radius 3 is 2.12 bits per heavy atom. The van der Waals surface area contributed by atoms with Crippen molar-refractivity contribution in [2.75, 3.05) is 0 Å². The zero-order valence-corrected chi connectivity index (χ0v) is 14.8. The summed E-state index contributed by atoms with van der Waals surface area (Å²) in [5.41, 5.74) is 1.75. The molecule has 0 aliphatic rings. The second-order valence-corrected chi connectivity index (χ2v) is 7.71. The molecule has 1 unspecified atom stereocenters. The van der Waals surface area contributed by atoms with E-state index in [-0.39, 0.29) is 5.30 Å². The molecule has 0 saturated heterocycles. The number of hydrogen-bond acceptors (Lipinski definition) is 2. The Morgan fingerprint density at radius 2 is 1.27 bits per heavy atom. The van der Waals surface area contributed by atoms with Crippen molar-refractivity contribution < 1.29 is 14.0 Å². The molecule has 0 bridgehead atoms. The summed E-state index contributed by atoms with van der Waals surface area (Å²) in [4.78, 5) is 10.5. The number of para-hydroxylation sites is 1. The maximum absolute atomic E-state index is 12.8. The molecular formula is C22H17O3P. The molecule has 4 heteroatoms. The molecule has 1 atom stereocenters. The van der Waals surface area contributed by atoms with Crippen molar-refractivity contribution in [1.29, 1.82) is 0 Å². The van der Waals surface area contributed by atoms with Gasteiger partial charge in [0.05, 0.1) is 5.30 Å². The van der Waals surface area contributed by atoms with E-state index in [9.17, 15) is 9.46 Å². The smallest absolute Gasteiger partial charge is 0.408 e. The number of hydrogen-bond donors (Lipinski definition) is 1. The first kappa shape index (κ1) is 16.6. The van der Waals surface area contributed by atoms with Crippen LogP contribution >= 0.6 is 7.60 Å². The van der Waals surface area contributed by atoms with Crippen LogP contribution in [0.4, 0.5) is 0 Å². The van der Waals surface area contributed by atoms with Gasteiger partial charge in [-0.15, -0.1) is 0 Å². The van der Waals surface area contributed by atoms with Gasteiger partial charge in [-0.2, -0.15) is 0 Å². The molecular weight excluding hydrogens is 343 g/mol. The van der Waals surface area contributed by atoms with Crippen LogP contribution in [0, 0.1) is 0 Å². The van der Waals surface area contributed by atoms with Crippen LogP contribution in [0.5, 0.6) is 5.75 Å². The maximum atomic E-state index is 12.8. The first-order valence-electron chi connectivity index (χ1n) is 8.30. The normalized spacial score (nSPS) is 13.3. The Kier molecular flexibility index (Phi) is 4.34. The molecule has 0 aromatic heterocycles. The third-order valence-electron chi connectivity index (χ3n) is 4.27. The van der Waals surface area contributed by atoms with Gasteiger partial charge in [-0.3, -0.25) is 0 Å². The van der Waals surface area contributed by atoms with E-state index < -0.39 is 7.60 Å². The molecule has 0 radical (unpaired) electrons. The van der Waals surface area contributed by atoms with Gasteiger partial charge in [-0.1, -0.05) is 78.9 Å². The van der Waals surface area contributed by atoms with Gasteiger partial charge in [0.1, 0.15) is 5.75 Å². The molecule has 3 nitrogen and oxygen atoms in total. The quantitative estimate of drug-likeness (QED) is 0.496. The summed E-state index contributed by atoms with van der Waals surface area (Å²) >= 11 is 0. The highest BCUT2D eigenvalue weighted by molar-refractivity contribution is 7.61. The predicted molar refractivity (Wildman–Crippen MR) is 106 cm³/mol. The summed E-state index contributed by atoms with van der Waals surface area (Å²) in [7, 11) is -3.97. The molecule has 1 N–H and O–H groups in total. The van der Waals surface area contributed by atoms with E-state index >= 15 is 0 Å². The van der Waals surface area contributed by atoms with Crippen LogP contribution in [0.1, 0.15) is 0 Å². The fraction of sp³-hybridized carbons (Fsp3) is 0. The Labute approximate surface area is 152 Å². The minimum absolute atomic E-state index is 0.271. The Balaban J connectivity index is 1.82. The Bertz CT molecular complexity index is 1100. The second-order valence-electron chi connectivity index (χ2n) is 5.97. The standard InChI is InChI=1S/C22H17O3P/c23-26(24,18-11-2-1-3-12-18)25-22-16-7-6-14-21(22)20-15-8-10-17-9-4-5-13-19(17)20/h1-16H,(H,23,24). The van der Waals surface area contributed by atoms with Crippen molar-refractivity contribution in [3.63, 3.8) is 0 Å². The topological polar surface area (TPSA) is 46.5 Å². The summed E-state index contributed by atoms with van der Waals surface area (Å²) < 4.78 is 18.4. The number of rotatable bonds is 4. The minimum atomic E-state index is -3.97. The maximum Gasteiger partial charge on any atom is 0.408 e. The van der Waals surface area contributed by atoms with E-state index in [1.54, 1.807) is 42.5 Å². The van der Waals surface area contributed by atoms with Crippen molar-refractivity contribution in [1.82, 2.24) is 0 Å². The fourth-order valence-corrected chi connectivity index (χ4v) is 4.11. The average molecular weight is 360 g/mol. The van der Waals surface area contributed by atoms with E-state index in [1.165, 1.54) is 0 Å². The van der Waals surface area contributed by atoms with Crippen molar-refractivity contribution in [3.8, 4) is 16.9 Å². The fourth-order valence-electron chi connectivity index (χ4n) is 3.03. The van der Waals surface area contributed by atoms with Gasteiger partial charge in [-0.05, 0) is 34.5 Å². The first-order valence-corrected chi connectivity index (χ1v) is 9.88. The van der Waals surface area contributed by atoms with Crippen molar-refractivity contribution in [3.05, 3.63) is 97.1 Å². The highest BCUT2D eigenvalue weighted by Crippen LogP contribution is 2.45. The zero-order valence-electron chi connectivity index (χ0n) is 13.9. The summed E-state index contributed by atoms with van der Waals surface area (Å²) in [6, 6.07) is 29.8. The SMILES string of the molecule is O=P(O)(Oc1ccccc1-c1cccc2ccccc12)c1ccccc1. The monoisotopic (exact) mass is 360 g/mol. The van der Waals surface area contributed by atoms with E-state index in [4.69, 9.17) is 4.52 Å². The lowest BCUT2D eigenvalue weighted by molar-refractivity contribution is 0.394. The van der Waals surface area contributed by atoms with Gasteiger partial charge in [0.25, 0.3) is 0 Å². The van der Waals surface area contributed by atoms with Crippen LogP contribution in [0.25, 0.3) is 21.9 Å². The lowest BCUT2D eigenvalue weighted by Gasteiger charge is -2.17. The van der Waals surface area contributed by atoms with Gasteiger partial charge in [0, 0.05) is 5.56 Å². The molecule has 0 heterocycles. The lowest BCUT2D eigenvalue weighted by atomic mass is 9.98. The van der Waals surface area contributed by atoms with E-state index in [0.717, 1.165) is 21.9 Å². The minimum Gasteiger partial charge on any atom is -0.421 e. The molecule has 0 aliphatic heterocycles. The van der Waals surface area contributed by atoms with Crippen LogP contribution in [-0.2, 0) is 4.57 Å². The zero-order chi connectivity index (χ0) is 18.0. The molecule has 4 aromatic carbocycles. The van der Waals surface area contributed by atoms with Crippen LogP contribution in [0.15, 0.2) is 97.1 Å². The largest absolute Gasteiger partial charge is 0.421 e. The Hall–Kier alpha value is -2.87. The molecule has 0 saturated carbocycles. The second kappa shape index (κ2) is 6.80. The van der Waals surface area contributed by atoms with Crippen molar-refractivity contribution >= 4 is 23.7 Å². The third kappa shape index (κ3) is 3.15. The van der Waals surface area contributed by atoms with Gasteiger partial charge in [0.15, 0.2) is 0 Å². The van der Waals surface area contributed by atoms with Gasteiger partial charge in [-0.25, -0.2) is 4.57 Å². The molecule has 0 amide bonds. The first-order chi connectivity index (χ1) is 12.6. The molecule has 0 fully saturated rings. The molecule has 128 valence electrons. The molecule has 4 aromatic rings. The lowest BCUT2D eigenvalue weighted by Crippen LogP contribution is -2.08. The van der Waals surface area contributed by atoms with Crippen LogP contribution in [0.3, 0.4) is 0 Å². The van der Waals surface area contributed by atoms with Gasteiger partial charge < -0.3 is 9.42 Å². The summed E-state index contributed by atoms with van der Waals surface area (Å²) in [5.74, 6) is 0.388. The molecule has 0 aliphatic carbocycles. The average Bonchev–Trinajstić information content (AvgIpc) is 2.68. The highest BCUT2D eigenvalue weighted by Gasteiger charge is 2.25. The van der Waals surface area contributed by atoms with Crippen LogP contribution in [0.2, 0.25) is 0 Å². The Morgan fingerprint density at radius 1 is 0.654 bits per heavy atom. The van der Waals surface area contributed by atoms with Gasteiger partial charge in [0.2, 0.25) is 0 Å². The molecule has 4 rings (SSSR count). The van der Waals surface area contributed by atoms with E-state index in [1.807, 2.05) is 54.6 Å². The number of benzene rings is 4. The van der Waals surface area contributed by atoms with Gasteiger partial charge >= 0.3 is 7.60 Å². The molecule has 26 heavy (non-hydrogen) atoms. The van der Waals surface area contributed by atoms with E-state index in [0.29, 0.717) is 5.75 Å². The summed E-state index contributed by atoms with van der Waals surface area (Å²) in [6.45, 7) is 0. The van der Waals surface area contributed by atoms with Crippen LogP contribution < -0.4 is 9.83 Å². The van der Waals surface area contributed by atoms with Crippen molar-refractivity contribution in [2.45, 2.75) is 0 Å². The summed E-state index contributed by atoms with van der Waals surface area (Å²) in [6.07, 6.45) is 0. The highest BCUT2D eigenvalue weighted by atomic mass is 31.2. The third-order valence-corrected chi connectivity index (χ3v) is 5.67. The van der Waals surface area contributed by atoms with Crippen molar-refractivity contribution in [2.24, 2.45) is 0 Å². The molecule has 0 spiro atoms.